The Kier molecular flexibility index (Phi) is 5.00. The van der Waals surface area contributed by atoms with E-state index in [1.54, 1.807) is 6.07 Å². The number of anilines is 1. The number of hydrogen-bond acceptors (Lipinski definition) is 3. The molecule has 1 aromatic carbocycles. The number of rotatable bonds is 5. The fourth-order valence-corrected chi connectivity index (χ4v) is 1.96. The Hall–Kier alpha value is -1.34. The van der Waals surface area contributed by atoms with Gasteiger partial charge in [0.25, 0.3) is 0 Å². The molecule has 0 spiro atoms. The van der Waals surface area contributed by atoms with Crippen molar-refractivity contribution in [1.29, 1.82) is 5.26 Å². The van der Waals surface area contributed by atoms with Crippen molar-refractivity contribution in [2.75, 3.05) is 23.4 Å². The van der Waals surface area contributed by atoms with Crippen molar-refractivity contribution in [3.05, 3.63) is 29.3 Å². The van der Waals surface area contributed by atoms with Crippen LogP contribution in [0.4, 0.5) is 5.69 Å². The van der Waals surface area contributed by atoms with Gasteiger partial charge in [-0.25, -0.2) is 0 Å². The minimum absolute atomic E-state index is 0.620. The Balaban J connectivity index is 2.63. The van der Waals surface area contributed by atoms with E-state index in [4.69, 9.17) is 5.26 Å². The molecule has 1 N–H and O–H groups in total. The lowest BCUT2D eigenvalue weighted by atomic mass is 10.1. The maximum Gasteiger partial charge on any atom is 0.101 e. The van der Waals surface area contributed by atoms with E-state index in [0.29, 0.717) is 23.6 Å². The molecule has 4 heteroatoms. The van der Waals surface area contributed by atoms with Gasteiger partial charge >= 0.3 is 0 Å². The van der Waals surface area contributed by atoms with Gasteiger partial charge in [-0.2, -0.15) is 5.26 Å². The number of nitrogens with zero attached hydrogens (tertiary/aromatic N) is 1. The Morgan fingerprint density at radius 2 is 2.25 bits per heavy atom. The summed E-state index contributed by atoms with van der Waals surface area (Å²) >= 11 is 0. The number of nitrogens with one attached hydrogen (secondary N) is 1. The highest BCUT2D eigenvalue weighted by atomic mass is 32.2. The van der Waals surface area contributed by atoms with E-state index in [0.717, 1.165) is 11.3 Å². The molecule has 0 bridgehead atoms. The van der Waals surface area contributed by atoms with Crippen LogP contribution in [0.15, 0.2) is 18.2 Å². The maximum absolute atomic E-state index is 11.2. The minimum atomic E-state index is -0.760. The summed E-state index contributed by atoms with van der Waals surface area (Å²) in [5, 5.41) is 12.1. The van der Waals surface area contributed by atoms with E-state index in [1.165, 1.54) is 0 Å². The number of nitriles is 1. The van der Waals surface area contributed by atoms with E-state index in [2.05, 4.69) is 11.4 Å². The predicted octanol–water partition coefficient (Wildman–Crippen LogP) is 2.05. The molecule has 1 unspecified atom stereocenters. The molecule has 3 nitrogen and oxygen atoms in total. The lowest BCUT2D eigenvalue weighted by molar-refractivity contribution is 0.684. The second-order valence-corrected chi connectivity index (χ2v) is 5.39. The Morgan fingerprint density at radius 1 is 1.50 bits per heavy atom. The first-order chi connectivity index (χ1) is 7.67. The third-order valence-electron chi connectivity index (χ3n) is 2.26. The van der Waals surface area contributed by atoms with Crippen LogP contribution in [0.2, 0.25) is 0 Å². The van der Waals surface area contributed by atoms with Gasteiger partial charge < -0.3 is 5.32 Å². The Labute approximate surface area is 98.9 Å². The highest BCUT2D eigenvalue weighted by Gasteiger charge is 2.02. The normalized spacial score (nSPS) is 11.8. The fourth-order valence-electron chi connectivity index (χ4n) is 1.35. The van der Waals surface area contributed by atoms with Crippen LogP contribution < -0.4 is 5.32 Å². The molecule has 0 saturated heterocycles. The summed E-state index contributed by atoms with van der Waals surface area (Å²) in [6.45, 7) is 4.53. The van der Waals surface area contributed by atoms with E-state index >= 15 is 0 Å². The van der Waals surface area contributed by atoms with Crippen LogP contribution in [0, 0.1) is 18.3 Å². The van der Waals surface area contributed by atoms with Crippen molar-refractivity contribution in [3.63, 3.8) is 0 Å². The molecule has 86 valence electrons. The van der Waals surface area contributed by atoms with E-state index in [9.17, 15) is 4.21 Å². The van der Waals surface area contributed by atoms with Crippen LogP contribution in [0.1, 0.15) is 18.1 Å². The molecular weight excluding hydrogens is 220 g/mol. The largest absolute Gasteiger partial charge is 0.383 e. The summed E-state index contributed by atoms with van der Waals surface area (Å²) in [4.78, 5) is 0. The summed E-state index contributed by atoms with van der Waals surface area (Å²) in [7, 11) is -0.760. The van der Waals surface area contributed by atoms with Crippen molar-refractivity contribution >= 4 is 16.5 Å². The fraction of sp³-hybridized carbons (Fsp3) is 0.417. The standard InChI is InChI=1S/C12H16N2OS/c1-3-16(15)7-6-14-12-8-10(2)4-5-11(12)9-13/h4-5,8,14H,3,6-7H2,1-2H3. The first kappa shape index (κ1) is 12.7. The maximum atomic E-state index is 11.2. The minimum Gasteiger partial charge on any atom is -0.383 e. The summed E-state index contributed by atoms with van der Waals surface area (Å²) in [5.41, 5.74) is 2.57. The van der Waals surface area contributed by atoms with Gasteiger partial charge in [0.15, 0.2) is 0 Å². The molecule has 0 amide bonds. The topological polar surface area (TPSA) is 52.9 Å². The van der Waals surface area contributed by atoms with Crippen molar-refractivity contribution in [1.82, 2.24) is 0 Å². The van der Waals surface area contributed by atoms with Crippen molar-refractivity contribution in [3.8, 4) is 6.07 Å². The molecule has 0 aliphatic heterocycles. The van der Waals surface area contributed by atoms with Gasteiger partial charge in [0.1, 0.15) is 6.07 Å². The number of benzene rings is 1. The van der Waals surface area contributed by atoms with E-state index < -0.39 is 10.8 Å². The first-order valence-corrected chi connectivity index (χ1v) is 6.75. The van der Waals surface area contributed by atoms with E-state index in [1.807, 2.05) is 26.0 Å². The first-order valence-electron chi connectivity index (χ1n) is 5.27. The highest BCUT2D eigenvalue weighted by Crippen LogP contribution is 2.16. The second kappa shape index (κ2) is 6.29. The molecule has 1 rings (SSSR count). The average Bonchev–Trinajstić information content (AvgIpc) is 2.29. The van der Waals surface area contributed by atoms with Crippen LogP contribution in [0.3, 0.4) is 0 Å². The molecule has 0 saturated carbocycles. The third-order valence-corrected chi connectivity index (χ3v) is 3.57. The number of aryl methyl sites for hydroxylation is 1. The zero-order valence-corrected chi connectivity index (χ0v) is 10.4. The Bertz CT molecular complexity index is 424. The highest BCUT2D eigenvalue weighted by molar-refractivity contribution is 7.84. The van der Waals surface area contributed by atoms with Gasteiger partial charge in [0, 0.05) is 28.9 Å². The molecule has 0 fully saturated rings. The molecule has 0 aliphatic carbocycles. The summed E-state index contributed by atoms with van der Waals surface area (Å²) in [6.07, 6.45) is 0. The van der Waals surface area contributed by atoms with E-state index in [-0.39, 0.29) is 0 Å². The Morgan fingerprint density at radius 3 is 2.88 bits per heavy atom. The van der Waals surface area contributed by atoms with Gasteiger partial charge in [-0.05, 0) is 24.6 Å². The average molecular weight is 236 g/mol. The number of hydrogen-bond donors (Lipinski definition) is 1. The van der Waals surface area contributed by atoms with Crippen LogP contribution >= 0.6 is 0 Å². The van der Waals surface area contributed by atoms with Gasteiger partial charge in [-0.1, -0.05) is 13.0 Å². The van der Waals surface area contributed by atoms with Crippen molar-refractivity contribution in [2.24, 2.45) is 0 Å². The molecule has 1 atom stereocenters. The predicted molar refractivity (Wildman–Crippen MR) is 67.9 cm³/mol. The lowest BCUT2D eigenvalue weighted by Crippen LogP contribution is -2.12. The molecule has 16 heavy (non-hydrogen) atoms. The van der Waals surface area contributed by atoms with Crippen LogP contribution in [0.5, 0.6) is 0 Å². The van der Waals surface area contributed by atoms with Gasteiger partial charge in [-0.3, -0.25) is 4.21 Å². The van der Waals surface area contributed by atoms with Gasteiger partial charge in [0.2, 0.25) is 0 Å². The van der Waals surface area contributed by atoms with Crippen LogP contribution in [0.25, 0.3) is 0 Å². The SMILES string of the molecule is CCS(=O)CCNc1cc(C)ccc1C#N. The summed E-state index contributed by atoms with van der Waals surface area (Å²) < 4.78 is 11.2. The molecule has 0 radical (unpaired) electrons. The lowest BCUT2D eigenvalue weighted by Gasteiger charge is -2.08. The molecule has 1 aromatic rings. The zero-order chi connectivity index (χ0) is 12.0. The van der Waals surface area contributed by atoms with Crippen molar-refractivity contribution < 1.29 is 4.21 Å². The molecule has 0 aliphatic rings. The quantitative estimate of drug-likeness (QED) is 0.851. The van der Waals surface area contributed by atoms with Crippen molar-refractivity contribution in [2.45, 2.75) is 13.8 Å². The van der Waals surface area contributed by atoms with Gasteiger partial charge in [-0.15, -0.1) is 0 Å². The molecule has 0 aromatic heterocycles. The monoisotopic (exact) mass is 236 g/mol. The second-order valence-electron chi connectivity index (χ2n) is 3.52. The van der Waals surface area contributed by atoms with Crippen LogP contribution in [-0.4, -0.2) is 22.3 Å². The zero-order valence-electron chi connectivity index (χ0n) is 9.62. The summed E-state index contributed by atoms with van der Waals surface area (Å²) in [6, 6.07) is 7.79. The molecule has 0 heterocycles. The van der Waals surface area contributed by atoms with Gasteiger partial charge in [0.05, 0.1) is 11.3 Å². The smallest absolute Gasteiger partial charge is 0.101 e. The van der Waals surface area contributed by atoms with Crippen LogP contribution in [-0.2, 0) is 10.8 Å². The third kappa shape index (κ3) is 3.67. The summed E-state index contributed by atoms with van der Waals surface area (Å²) in [5.74, 6) is 1.30. The molecular formula is C12H16N2OS.